The maximum Gasteiger partial charge on any atom is 0.0713 e. The third kappa shape index (κ3) is 2.13. The zero-order chi connectivity index (χ0) is 12.5. The molecule has 4 atom stereocenters. The van der Waals surface area contributed by atoms with Crippen LogP contribution in [0.1, 0.15) is 58.8 Å². The largest absolute Gasteiger partial charge is 0.389 e. The van der Waals surface area contributed by atoms with Gasteiger partial charge in [-0.3, -0.25) is 0 Å². The summed E-state index contributed by atoms with van der Waals surface area (Å²) in [4.78, 5) is 0. The Bertz CT molecular complexity index is 267. The van der Waals surface area contributed by atoms with Gasteiger partial charge in [-0.25, -0.2) is 0 Å². The molecule has 0 amide bonds. The minimum absolute atomic E-state index is 0.189. The molecule has 4 unspecified atom stereocenters. The normalized spacial score (nSPS) is 39.5. The molecule has 3 N–H and O–H groups in total. The van der Waals surface area contributed by atoms with E-state index in [0.29, 0.717) is 12.6 Å². The molecule has 2 aliphatic rings. The second-order valence-electron chi connectivity index (χ2n) is 6.12. The predicted octanol–water partition coefficient (Wildman–Crippen LogP) is 2.21. The first-order valence-corrected chi connectivity index (χ1v) is 7.13. The lowest BCUT2D eigenvalue weighted by Gasteiger charge is -2.46. The Morgan fingerprint density at radius 2 is 2.18 bits per heavy atom. The predicted molar refractivity (Wildman–Crippen MR) is 68.8 cm³/mol. The van der Waals surface area contributed by atoms with Crippen molar-refractivity contribution in [3.8, 4) is 0 Å². The summed E-state index contributed by atoms with van der Waals surface area (Å²) in [6.07, 6.45) is 8.03. The van der Waals surface area contributed by atoms with E-state index < -0.39 is 5.60 Å². The molecule has 100 valence electrons. The molecule has 0 aromatic carbocycles. The topological polar surface area (TPSA) is 55.5 Å². The SMILES string of the molecule is CCCCCC(C)(O)C1(CN)CC2CCC1O2. The lowest BCUT2D eigenvalue weighted by Crippen LogP contribution is -2.56. The van der Waals surface area contributed by atoms with E-state index in [0.717, 1.165) is 32.1 Å². The van der Waals surface area contributed by atoms with Crippen molar-refractivity contribution in [2.75, 3.05) is 6.54 Å². The van der Waals surface area contributed by atoms with Crippen molar-refractivity contribution in [3.05, 3.63) is 0 Å². The van der Waals surface area contributed by atoms with Crippen LogP contribution >= 0.6 is 0 Å². The molecule has 2 heterocycles. The van der Waals surface area contributed by atoms with Gasteiger partial charge >= 0.3 is 0 Å². The summed E-state index contributed by atoms with van der Waals surface area (Å²) < 4.78 is 5.93. The lowest BCUT2D eigenvalue weighted by molar-refractivity contribution is -0.105. The van der Waals surface area contributed by atoms with Crippen molar-refractivity contribution in [2.45, 2.75) is 76.6 Å². The fraction of sp³-hybridized carbons (Fsp3) is 1.00. The Labute approximate surface area is 105 Å². The summed E-state index contributed by atoms with van der Waals surface area (Å²) in [6.45, 7) is 4.71. The monoisotopic (exact) mass is 241 g/mol. The van der Waals surface area contributed by atoms with Crippen molar-refractivity contribution >= 4 is 0 Å². The van der Waals surface area contributed by atoms with Gasteiger partial charge in [-0.05, 0) is 32.6 Å². The third-order valence-corrected chi connectivity index (χ3v) is 5.02. The van der Waals surface area contributed by atoms with Gasteiger partial charge in [-0.15, -0.1) is 0 Å². The highest BCUT2D eigenvalue weighted by atomic mass is 16.5. The summed E-state index contributed by atoms with van der Waals surface area (Å²) in [5.41, 5.74) is 5.14. The first-order valence-electron chi connectivity index (χ1n) is 7.13. The number of unbranched alkanes of at least 4 members (excludes halogenated alkanes) is 2. The second kappa shape index (κ2) is 4.87. The van der Waals surface area contributed by atoms with Crippen LogP contribution in [-0.4, -0.2) is 29.5 Å². The molecule has 0 saturated carbocycles. The first kappa shape index (κ1) is 13.3. The number of fused-ring (bicyclic) bond motifs is 2. The van der Waals surface area contributed by atoms with Gasteiger partial charge in [0.15, 0.2) is 0 Å². The van der Waals surface area contributed by atoms with Gasteiger partial charge in [0.05, 0.1) is 17.8 Å². The van der Waals surface area contributed by atoms with Gasteiger partial charge in [-0.1, -0.05) is 26.2 Å². The molecular formula is C14H27NO2. The van der Waals surface area contributed by atoms with Crippen LogP contribution in [0.5, 0.6) is 0 Å². The number of ether oxygens (including phenoxy) is 1. The molecule has 2 aliphatic heterocycles. The fourth-order valence-electron chi connectivity index (χ4n) is 3.77. The van der Waals surface area contributed by atoms with E-state index in [1.54, 1.807) is 0 Å². The van der Waals surface area contributed by atoms with E-state index in [9.17, 15) is 5.11 Å². The van der Waals surface area contributed by atoms with Crippen LogP contribution < -0.4 is 5.73 Å². The van der Waals surface area contributed by atoms with Crippen molar-refractivity contribution in [1.29, 1.82) is 0 Å². The summed E-state index contributed by atoms with van der Waals surface area (Å²) in [5.74, 6) is 0. The fourth-order valence-corrected chi connectivity index (χ4v) is 3.77. The van der Waals surface area contributed by atoms with Crippen LogP contribution in [0.3, 0.4) is 0 Å². The van der Waals surface area contributed by atoms with E-state index >= 15 is 0 Å². The van der Waals surface area contributed by atoms with E-state index in [1.165, 1.54) is 12.8 Å². The molecule has 0 aliphatic carbocycles. The van der Waals surface area contributed by atoms with E-state index in [4.69, 9.17) is 10.5 Å². The smallest absolute Gasteiger partial charge is 0.0713 e. The molecule has 2 bridgehead atoms. The number of aliphatic hydroxyl groups is 1. The van der Waals surface area contributed by atoms with Crippen molar-refractivity contribution in [3.63, 3.8) is 0 Å². The molecule has 2 rings (SSSR count). The van der Waals surface area contributed by atoms with Crippen LogP contribution in [0.4, 0.5) is 0 Å². The summed E-state index contributed by atoms with van der Waals surface area (Å²) in [5, 5.41) is 10.9. The number of rotatable bonds is 6. The van der Waals surface area contributed by atoms with Gasteiger partial charge in [0.25, 0.3) is 0 Å². The molecular weight excluding hydrogens is 214 g/mol. The highest BCUT2D eigenvalue weighted by Gasteiger charge is 2.59. The zero-order valence-electron chi connectivity index (χ0n) is 11.2. The summed E-state index contributed by atoms with van der Waals surface area (Å²) in [6, 6.07) is 0. The maximum atomic E-state index is 10.9. The van der Waals surface area contributed by atoms with Crippen LogP contribution in [-0.2, 0) is 4.74 Å². The Balaban J connectivity index is 2.06. The lowest BCUT2D eigenvalue weighted by atomic mass is 9.62. The van der Waals surface area contributed by atoms with Crippen LogP contribution in [0, 0.1) is 5.41 Å². The highest BCUT2D eigenvalue weighted by Crippen LogP contribution is 2.54. The molecule has 0 aromatic rings. The Hall–Kier alpha value is -0.120. The standard InChI is InChI=1S/C14H27NO2/c1-3-4-5-8-13(2,16)14(10-15)9-11-6-7-12(14)17-11/h11-12,16H,3-10,15H2,1-2H3. The van der Waals surface area contributed by atoms with Crippen LogP contribution in [0.15, 0.2) is 0 Å². The molecule has 0 aromatic heterocycles. The van der Waals surface area contributed by atoms with Crippen molar-refractivity contribution in [2.24, 2.45) is 11.1 Å². The molecule has 2 saturated heterocycles. The van der Waals surface area contributed by atoms with Gasteiger partial charge in [0.2, 0.25) is 0 Å². The van der Waals surface area contributed by atoms with Crippen molar-refractivity contribution in [1.82, 2.24) is 0 Å². The van der Waals surface area contributed by atoms with Gasteiger partial charge < -0.3 is 15.6 Å². The third-order valence-electron chi connectivity index (χ3n) is 5.02. The zero-order valence-corrected chi connectivity index (χ0v) is 11.2. The van der Waals surface area contributed by atoms with Crippen molar-refractivity contribution < 1.29 is 9.84 Å². The second-order valence-corrected chi connectivity index (χ2v) is 6.12. The molecule has 3 nitrogen and oxygen atoms in total. The van der Waals surface area contributed by atoms with Gasteiger partial charge in [0, 0.05) is 12.0 Å². The minimum atomic E-state index is -0.670. The Morgan fingerprint density at radius 1 is 1.41 bits per heavy atom. The molecule has 17 heavy (non-hydrogen) atoms. The van der Waals surface area contributed by atoms with Gasteiger partial charge in [-0.2, -0.15) is 0 Å². The average Bonchev–Trinajstić information content (AvgIpc) is 2.89. The summed E-state index contributed by atoms with van der Waals surface area (Å²) in [7, 11) is 0. The summed E-state index contributed by atoms with van der Waals surface area (Å²) >= 11 is 0. The van der Waals surface area contributed by atoms with E-state index in [1.807, 2.05) is 6.92 Å². The maximum absolute atomic E-state index is 10.9. The molecule has 2 fully saturated rings. The average molecular weight is 241 g/mol. The quantitative estimate of drug-likeness (QED) is 0.701. The number of hydrogen-bond acceptors (Lipinski definition) is 3. The van der Waals surface area contributed by atoms with Crippen LogP contribution in [0.25, 0.3) is 0 Å². The number of hydrogen-bond donors (Lipinski definition) is 2. The van der Waals surface area contributed by atoms with Crippen LogP contribution in [0.2, 0.25) is 0 Å². The Kier molecular flexibility index (Phi) is 3.81. The van der Waals surface area contributed by atoms with E-state index in [-0.39, 0.29) is 11.5 Å². The first-order chi connectivity index (χ1) is 8.05. The molecule has 3 heteroatoms. The van der Waals surface area contributed by atoms with Gasteiger partial charge in [0.1, 0.15) is 0 Å². The minimum Gasteiger partial charge on any atom is -0.389 e. The number of nitrogens with two attached hydrogens (primary N) is 1. The molecule has 0 spiro atoms. The highest BCUT2D eigenvalue weighted by molar-refractivity contribution is 5.09. The van der Waals surface area contributed by atoms with E-state index in [2.05, 4.69) is 6.92 Å². The molecule has 0 radical (unpaired) electrons. The Morgan fingerprint density at radius 3 is 2.65 bits per heavy atom.